The van der Waals surface area contributed by atoms with E-state index in [0.717, 1.165) is 21.7 Å². The predicted molar refractivity (Wildman–Crippen MR) is 97.7 cm³/mol. The molecule has 0 aliphatic carbocycles. The molecule has 0 radical (unpaired) electrons. The standard InChI is InChI=1S/C18H19N3OS2/c1-12-5-8-14(9-6-12)24(22)17-20-16(21-23-17)13-7-10-15(19-11-13)18(2,3)4/h5-11H,1-4H3. The van der Waals surface area contributed by atoms with E-state index in [4.69, 9.17) is 0 Å². The summed E-state index contributed by atoms with van der Waals surface area (Å²) < 4.78 is 17.4. The molecular weight excluding hydrogens is 338 g/mol. The second-order valence-corrected chi connectivity index (χ2v) is 9.05. The molecule has 1 unspecified atom stereocenters. The minimum absolute atomic E-state index is 0.00608. The number of hydrogen-bond acceptors (Lipinski definition) is 5. The van der Waals surface area contributed by atoms with Gasteiger partial charge in [0, 0.05) is 34.4 Å². The average molecular weight is 358 g/mol. The van der Waals surface area contributed by atoms with E-state index in [-0.39, 0.29) is 5.41 Å². The van der Waals surface area contributed by atoms with E-state index in [2.05, 4.69) is 35.1 Å². The lowest BCUT2D eigenvalue weighted by molar-refractivity contribution is 0.569. The maximum absolute atomic E-state index is 12.6. The van der Waals surface area contributed by atoms with E-state index in [1.807, 2.05) is 43.3 Å². The highest BCUT2D eigenvalue weighted by Crippen LogP contribution is 2.27. The third-order valence-corrected chi connectivity index (χ3v) is 5.89. The zero-order valence-corrected chi connectivity index (χ0v) is 15.7. The summed E-state index contributed by atoms with van der Waals surface area (Å²) in [5.41, 5.74) is 3.00. The van der Waals surface area contributed by atoms with Crippen LogP contribution in [-0.4, -0.2) is 18.9 Å². The van der Waals surface area contributed by atoms with E-state index in [9.17, 15) is 4.55 Å². The molecule has 0 saturated carbocycles. The number of rotatable bonds is 3. The molecule has 3 aromatic rings. The second kappa shape index (κ2) is 6.63. The van der Waals surface area contributed by atoms with Crippen LogP contribution in [0.3, 0.4) is 0 Å². The Morgan fingerprint density at radius 1 is 1.04 bits per heavy atom. The minimum Gasteiger partial charge on any atom is -0.605 e. The molecule has 0 spiro atoms. The van der Waals surface area contributed by atoms with Crippen LogP contribution in [0.1, 0.15) is 32.0 Å². The molecule has 1 aromatic carbocycles. The topological polar surface area (TPSA) is 61.7 Å². The van der Waals surface area contributed by atoms with Gasteiger partial charge in [-0.2, -0.15) is 9.36 Å². The van der Waals surface area contributed by atoms with Gasteiger partial charge >= 0.3 is 4.34 Å². The minimum atomic E-state index is -1.30. The van der Waals surface area contributed by atoms with Gasteiger partial charge in [-0.3, -0.25) is 4.98 Å². The van der Waals surface area contributed by atoms with Crippen LogP contribution in [0.2, 0.25) is 0 Å². The predicted octanol–water partition coefficient (Wildman–Crippen LogP) is 4.37. The first-order valence-electron chi connectivity index (χ1n) is 7.63. The van der Waals surface area contributed by atoms with Crippen molar-refractivity contribution in [3.8, 4) is 11.4 Å². The number of aromatic nitrogens is 3. The molecular formula is C18H19N3OS2. The maximum Gasteiger partial charge on any atom is 0.327 e. The zero-order valence-electron chi connectivity index (χ0n) is 14.1. The molecule has 6 heteroatoms. The van der Waals surface area contributed by atoms with Gasteiger partial charge in [-0.25, -0.2) is 0 Å². The highest BCUT2D eigenvalue weighted by atomic mass is 32.2. The lowest BCUT2D eigenvalue weighted by atomic mass is 9.91. The van der Waals surface area contributed by atoms with Crippen LogP contribution in [0.5, 0.6) is 0 Å². The summed E-state index contributed by atoms with van der Waals surface area (Å²) in [6.07, 6.45) is 1.78. The molecule has 0 aliphatic heterocycles. The molecule has 0 bridgehead atoms. The fourth-order valence-corrected chi connectivity index (χ4v) is 4.00. The molecule has 2 aromatic heterocycles. The van der Waals surface area contributed by atoms with E-state index >= 15 is 0 Å². The SMILES string of the molecule is Cc1ccc([S+]([O-])c2nc(-c3ccc(C(C)(C)C)nc3)ns2)cc1. The molecule has 0 amide bonds. The van der Waals surface area contributed by atoms with Crippen molar-refractivity contribution in [2.45, 2.75) is 42.3 Å². The van der Waals surface area contributed by atoms with Crippen LogP contribution in [0.15, 0.2) is 51.8 Å². The Bertz CT molecular complexity index is 821. The Morgan fingerprint density at radius 3 is 2.33 bits per heavy atom. The molecule has 124 valence electrons. The zero-order chi connectivity index (χ0) is 17.3. The molecule has 0 saturated heterocycles. The maximum atomic E-state index is 12.6. The first-order chi connectivity index (χ1) is 11.3. The van der Waals surface area contributed by atoms with Gasteiger partial charge in [0.15, 0.2) is 10.7 Å². The summed E-state index contributed by atoms with van der Waals surface area (Å²) in [4.78, 5) is 9.68. The van der Waals surface area contributed by atoms with Crippen molar-refractivity contribution in [3.63, 3.8) is 0 Å². The lowest BCUT2D eigenvalue weighted by Crippen LogP contribution is -2.12. The van der Waals surface area contributed by atoms with Gasteiger partial charge < -0.3 is 4.55 Å². The Labute approximate surface area is 149 Å². The molecule has 0 N–H and O–H groups in total. The first-order valence-corrected chi connectivity index (χ1v) is 9.56. The molecule has 1 atom stereocenters. The average Bonchev–Trinajstić information content (AvgIpc) is 3.04. The molecule has 2 heterocycles. The van der Waals surface area contributed by atoms with Crippen molar-refractivity contribution < 1.29 is 4.55 Å². The Morgan fingerprint density at radius 2 is 1.75 bits per heavy atom. The molecule has 0 fully saturated rings. The van der Waals surface area contributed by atoms with Gasteiger partial charge in [0.05, 0.1) is 11.2 Å². The smallest absolute Gasteiger partial charge is 0.327 e. The summed E-state index contributed by atoms with van der Waals surface area (Å²) in [5.74, 6) is 0.573. The van der Waals surface area contributed by atoms with Gasteiger partial charge in [0.1, 0.15) is 0 Å². The molecule has 4 nitrogen and oxygen atoms in total. The monoisotopic (exact) mass is 357 g/mol. The van der Waals surface area contributed by atoms with Gasteiger partial charge in [0.2, 0.25) is 0 Å². The van der Waals surface area contributed by atoms with E-state index in [0.29, 0.717) is 10.2 Å². The van der Waals surface area contributed by atoms with E-state index in [1.165, 1.54) is 11.5 Å². The third kappa shape index (κ3) is 3.66. The number of aryl methyl sites for hydroxylation is 1. The van der Waals surface area contributed by atoms with Crippen LogP contribution < -0.4 is 0 Å². The van der Waals surface area contributed by atoms with Gasteiger partial charge in [0.25, 0.3) is 0 Å². The van der Waals surface area contributed by atoms with Crippen molar-refractivity contribution in [2.24, 2.45) is 0 Å². The van der Waals surface area contributed by atoms with E-state index in [1.54, 1.807) is 6.20 Å². The van der Waals surface area contributed by atoms with Crippen LogP contribution in [0, 0.1) is 6.92 Å². The van der Waals surface area contributed by atoms with Crippen LogP contribution in [0.25, 0.3) is 11.4 Å². The van der Waals surface area contributed by atoms with Crippen molar-refractivity contribution in [1.29, 1.82) is 0 Å². The van der Waals surface area contributed by atoms with Crippen molar-refractivity contribution in [2.75, 3.05) is 0 Å². The highest BCUT2D eigenvalue weighted by Gasteiger charge is 2.22. The van der Waals surface area contributed by atoms with Crippen molar-refractivity contribution >= 4 is 22.7 Å². The Balaban J connectivity index is 1.83. The number of nitrogens with zero attached hydrogens (tertiary/aromatic N) is 3. The second-order valence-electron chi connectivity index (χ2n) is 6.65. The number of pyridine rings is 1. The molecule has 3 rings (SSSR count). The number of hydrogen-bond donors (Lipinski definition) is 0. The summed E-state index contributed by atoms with van der Waals surface area (Å²) in [6.45, 7) is 8.38. The summed E-state index contributed by atoms with van der Waals surface area (Å²) in [7, 11) is 0. The van der Waals surface area contributed by atoms with Gasteiger partial charge in [-0.15, -0.1) is 0 Å². The summed E-state index contributed by atoms with van der Waals surface area (Å²) in [6, 6.07) is 11.6. The Hall–Kier alpha value is -1.76. The van der Waals surface area contributed by atoms with Gasteiger partial charge in [-0.05, 0) is 31.2 Å². The van der Waals surface area contributed by atoms with E-state index < -0.39 is 11.2 Å². The molecule has 24 heavy (non-hydrogen) atoms. The van der Waals surface area contributed by atoms with Crippen LogP contribution >= 0.6 is 11.5 Å². The normalized spacial score (nSPS) is 13.0. The van der Waals surface area contributed by atoms with Crippen molar-refractivity contribution in [1.82, 2.24) is 14.3 Å². The fourth-order valence-electron chi connectivity index (χ4n) is 2.13. The number of benzene rings is 1. The Kier molecular flexibility index (Phi) is 4.71. The van der Waals surface area contributed by atoms with Crippen LogP contribution in [0.4, 0.5) is 0 Å². The fraction of sp³-hybridized carbons (Fsp3) is 0.278. The summed E-state index contributed by atoms with van der Waals surface area (Å²) >= 11 is -0.130. The molecule has 0 aliphatic rings. The highest BCUT2D eigenvalue weighted by molar-refractivity contribution is 7.93. The largest absolute Gasteiger partial charge is 0.605 e. The first kappa shape index (κ1) is 17.1. The lowest BCUT2D eigenvalue weighted by Gasteiger charge is -2.17. The van der Waals surface area contributed by atoms with Crippen LogP contribution in [-0.2, 0) is 16.6 Å². The third-order valence-electron chi connectivity index (χ3n) is 3.59. The van der Waals surface area contributed by atoms with Crippen molar-refractivity contribution in [3.05, 3.63) is 53.9 Å². The summed E-state index contributed by atoms with van der Waals surface area (Å²) in [5, 5.41) is 0. The van der Waals surface area contributed by atoms with Gasteiger partial charge in [-0.1, -0.05) is 38.5 Å². The quantitative estimate of drug-likeness (QED) is 0.653.